The van der Waals surface area contributed by atoms with E-state index in [1.807, 2.05) is 23.1 Å². The van der Waals surface area contributed by atoms with Crippen LogP contribution in [0.3, 0.4) is 0 Å². The fraction of sp³-hybridized carbons (Fsp3) is 0.650. The number of nitrogens with zero attached hydrogens (tertiary/aromatic N) is 5. The van der Waals surface area contributed by atoms with Crippen molar-refractivity contribution in [1.29, 1.82) is 0 Å². The molecule has 2 aromatic heterocycles. The van der Waals surface area contributed by atoms with Crippen molar-refractivity contribution in [3.63, 3.8) is 0 Å². The minimum absolute atomic E-state index is 0.176. The van der Waals surface area contributed by atoms with E-state index in [-0.39, 0.29) is 11.5 Å². The van der Waals surface area contributed by atoms with Crippen LogP contribution in [0, 0.1) is 0 Å². The highest BCUT2D eigenvalue weighted by molar-refractivity contribution is 5.62. The van der Waals surface area contributed by atoms with Gasteiger partial charge in [0, 0.05) is 49.5 Å². The molecule has 2 aliphatic rings. The smallest absolute Gasteiger partial charge is 0.222 e. The molecule has 0 atom stereocenters. The van der Waals surface area contributed by atoms with Crippen molar-refractivity contribution in [3.8, 4) is 11.3 Å². The second-order valence-electron chi connectivity index (χ2n) is 7.82. The Bertz CT molecular complexity index is 779. The molecular formula is C20H31N7O. The van der Waals surface area contributed by atoms with Gasteiger partial charge in [-0.1, -0.05) is 19.3 Å². The number of hydrogen-bond donors (Lipinski definition) is 2. The van der Waals surface area contributed by atoms with Crippen molar-refractivity contribution in [2.45, 2.75) is 51.1 Å². The summed E-state index contributed by atoms with van der Waals surface area (Å²) in [5.41, 5.74) is 7.94. The Morgan fingerprint density at radius 2 is 1.96 bits per heavy atom. The first-order valence-electron chi connectivity index (χ1n) is 10.4. The molecule has 0 aromatic carbocycles. The van der Waals surface area contributed by atoms with Gasteiger partial charge in [-0.3, -0.25) is 9.58 Å². The highest BCUT2D eigenvalue weighted by atomic mass is 16.5. The van der Waals surface area contributed by atoms with Crippen LogP contribution in [0.5, 0.6) is 0 Å². The average molecular weight is 386 g/mol. The van der Waals surface area contributed by atoms with Gasteiger partial charge in [0.2, 0.25) is 5.95 Å². The molecule has 1 saturated carbocycles. The van der Waals surface area contributed by atoms with Gasteiger partial charge in [-0.25, -0.2) is 4.98 Å². The summed E-state index contributed by atoms with van der Waals surface area (Å²) < 4.78 is 7.47. The molecule has 8 heteroatoms. The maximum Gasteiger partial charge on any atom is 0.222 e. The molecule has 8 nitrogen and oxygen atoms in total. The van der Waals surface area contributed by atoms with Crippen molar-refractivity contribution in [1.82, 2.24) is 24.6 Å². The van der Waals surface area contributed by atoms with Crippen LogP contribution in [0.25, 0.3) is 11.3 Å². The second kappa shape index (κ2) is 8.45. The first-order chi connectivity index (χ1) is 13.7. The number of nitrogen functional groups attached to an aromatic ring is 1. The lowest BCUT2D eigenvalue weighted by Gasteiger charge is -2.48. The van der Waals surface area contributed by atoms with Crippen LogP contribution in [0.2, 0.25) is 0 Å². The summed E-state index contributed by atoms with van der Waals surface area (Å²) in [6.45, 7) is 7.43. The van der Waals surface area contributed by atoms with Crippen LogP contribution in [0.1, 0.15) is 39.0 Å². The monoisotopic (exact) mass is 385 g/mol. The molecule has 2 fully saturated rings. The highest BCUT2D eigenvalue weighted by Crippen LogP contribution is 2.34. The molecule has 1 aliphatic heterocycles. The SMILES string of the molecule is CCn1cc(-c2cc(NCC3(N4CCOCC4)CCCCC3)nc(N)n2)cn1. The topological polar surface area (TPSA) is 94.1 Å². The van der Waals surface area contributed by atoms with Gasteiger partial charge < -0.3 is 15.8 Å². The molecule has 28 heavy (non-hydrogen) atoms. The number of aromatic nitrogens is 4. The minimum atomic E-state index is 0.176. The van der Waals surface area contributed by atoms with Crippen LogP contribution >= 0.6 is 0 Å². The van der Waals surface area contributed by atoms with Crippen LogP contribution in [0.15, 0.2) is 18.5 Å². The Hall–Kier alpha value is -2.19. The number of hydrogen-bond acceptors (Lipinski definition) is 7. The van der Waals surface area contributed by atoms with Crippen molar-refractivity contribution in [3.05, 3.63) is 18.5 Å². The lowest BCUT2D eigenvalue weighted by Crippen LogP contribution is -2.58. The molecule has 0 amide bonds. The Morgan fingerprint density at radius 3 is 2.68 bits per heavy atom. The molecule has 3 N–H and O–H groups in total. The first-order valence-corrected chi connectivity index (χ1v) is 10.4. The largest absolute Gasteiger partial charge is 0.379 e. The second-order valence-corrected chi connectivity index (χ2v) is 7.82. The zero-order chi connectivity index (χ0) is 19.4. The standard InChI is InChI=1S/C20H31N7O/c1-2-27-14-16(13-23-27)17-12-18(25-19(21)24-17)22-15-20(6-4-3-5-7-20)26-8-10-28-11-9-26/h12-14H,2-11,15H2,1H3,(H3,21,22,24,25). The van der Waals surface area contributed by atoms with Gasteiger partial charge in [0.05, 0.1) is 25.1 Å². The highest BCUT2D eigenvalue weighted by Gasteiger charge is 2.38. The van der Waals surface area contributed by atoms with E-state index in [9.17, 15) is 0 Å². The molecule has 2 aromatic rings. The van der Waals surface area contributed by atoms with Crippen LogP contribution in [-0.4, -0.2) is 63.0 Å². The van der Waals surface area contributed by atoms with E-state index >= 15 is 0 Å². The fourth-order valence-corrected chi connectivity index (χ4v) is 4.48. The van der Waals surface area contributed by atoms with E-state index in [0.29, 0.717) is 0 Å². The normalized spacial score (nSPS) is 20.2. The van der Waals surface area contributed by atoms with E-state index in [4.69, 9.17) is 10.5 Å². The van der Waals surface area contributed by atoms with E-state index in [0.717, 1.165) is 56.5 Å². The van der Waals surface area contributed by atoms with Gasteiger partial charge >= 0.3 is 0 Å². The number of anilines is 2. The van der Waals surface area contributed by atoms with Gasteiger partial charge in [0.15, 0.2) is 0 Å². The summed E-state index contributed by atoms with van der Waals surface area (Å²) in [5.74, 6) is 1.07. The summed E-state index contributed by atoms with van der Waals surface area (Å²) >= 11 is 0. The first kappa shape index (κ1) is 19.1. The van der Waals surface area contributed by atoms with Crippen LogP contribution in [0.4, 0.5) is 11.8 Å². The number of nitrogens with two attached hydrogens (primary N) is 1. The molecule has 3 heterocycles. The number of aryl methyl sites for hydroxylation is 1. The fourth-order valence-electron chi connectivity index (χ4n) is 4.48. The number of nitrogens with one attached hydrogen (secondary N) is 1. The molecule has 0 spiro atoms. The predicted molar refractivity (Wildman–Crippen MR) is 110 cm³/mol. The summed E-state index contributed by atoms with van der Waals surface area (Å²) in [7, 11) is 0. The van der Waals surface area contributed by atoms with E-state index in [1.54, 1.807) is 0 Å². The Morgan fingerprint density at radius 1 is 1.18 bits per heavy atom. The third-order valence-corrected chi connectivity index (χ3v) is 6.06. The quantitative estimate of drug-likeness (QED) is 0.788. The van der Waals surface area contributed by atoms with Gasteiger partial charge in [0.1, 0.15) is 5.82 Å². The molecule has 152 valence electrons. The summed E-state index contributed by atoms with van der Waals surface area (Å²) in [6, 6.07) is 1.98. The molecule has 1 saturated heterocycles. The van der Waals surface area contributed by atoms with E-state index < -0.39 is 0 Å². The number of morpholine rings is 1. The maximum atomic E-state index is 6.00. The zero-order valence-electron chi connectivity index (χ0n) is 16.7. The van der Waals surface area contributed by atoms with Gasteiger partial charge in [-0.15, -0.1) is 0 Å². The van der Waals surface area contributed by atoms with Gasteiger partial charge in [0.25, 0.3) is 0 Å². The lowest BCUT2D eigenvalue weighted by atomic mass is 9.79. The Kier molecular flexibility index (Phi) is 5.77. The van der Waals surface area contributed by atoms with Crippen molar-refractivity contribution in [2.24, 2.45) is 0 Å². The predicted octanol–water partition coefficient (Wildman–Crippen LogP) is 2.39. The number of ether oxygens (including phenoxy) is 1. The molecular weight excluding hydrogens is 354 g/mol. The number of rotatable bonds is 6. The van der Waals surface area contributed by atoms with E-state index in [2.05, 4.69) is 32.2 Å². The van der Waals surface area contributed by atoms with Crippen LogP contribution < -0.4 is 11.1 Å². The van der Waals surface area contributed by atoms with Gasteiger partial charge in [-0.05, 0) is 19.8 Å². The zero-order valence-corrected chi connectivity index (χ0v) is 16.7. The van der Waals surface area contributed by atoms with Crippen LogP contribution in [-0.2, 0) is 11.3 Å². The molecule has 0 bridgehead atoms. The molecule has 0 unspecified atom stereocenters. The minimum Gasteiger partial charge on any atom is -0.379 e. The Labute approximate surface area is 166 Å². The molecule has 4 rings (SSSR count). The third kappa shape index (κ3) is 4.12. The van der Waals surface area contributed by atoms with Crippen molar-refractivity contribution >= 4 is 11.8 Å². The summed E-state index contributed by atoms with van der Waals surface area (Å²) in [5, 5.41) is 7.92. The Balaban J connectivity index is 1.52. The van der Waals surface area contributed by atoms with Crippen molar-refractivity contribution < 1.29 is 4.74 Å². The van der Waals surface area contributed by atoms with E-state index in [1.165, 1.54) is 32.1 Å². The van der Waals surface area contributed by atoms with Gasteiger partial charge in [-0.2, -0.15) is 10.1 Å². The average Bonchev–Trinajstić information content (AvgIpc) is 3.23. The maximum absolute atomic E-state index is 6.00. The molecule has 1 aliphatic carbocycles. The third-order valence-electron chi connectivity index (χ3n) is 6.06. The summed E-state index contributed by atoms with van der Waals surface area (Å²) in [4.78, 5) is 11.5. The van der Waals surface area contributed by atoms with Crippen molar-refractivity contribution in [2.75, 3.05) is 43.9 Å². The lowest BCUT2D eigenvalue weighted by molar-refractivity contribution is -0.0318. The molecule has 0 radical (unpaired) electrons. The summed E-state index contributed by atoms with van der Waals surface area (Å²) in [6.07, 6.45) is 10.2.